The van der Waals surface area contributed by atoms with Crippen molar-refractivity contribution in [3.63, 3.8) is 0 Å². The lowest BCUT2D eigenvalue weighted by Gasteiger charge is -2.13. The van der Waals surface area contributed by atoms with Gasteiger partial charge in [0.1, 0.15) is 11.6 Å². The summed E-state index contributed by atoms with van der Waals surface area (Å²) in [5, 5.41) is 3.05. The lowest BCUT2D eigenvalue weighted by molar-refractivity contribution is -0.125. The van der Waals surface area contributed by atoms with Crippen LogP contribution in [0.1, 0.15) is 29.9 Å². The number of H-pyrrole nitrogens is 2. The number of rotatable bonds is 5. The Hall–Kier alpha value is -3.74. The highest BCUT2D eigenvalue weighted by Gasteiger charge is 2.25. The molecule has 1 unspecified atom stereocenters. The molecule has 32 heavy (non-hydrogen) atoms. The highest BCUT2D eigenvalue weighted by molar-refractivity contribution is 5.79. The van der Waals surface area contributed by atoms with Crippen molar-refractivity contribution in [2.75, 3.05) is 6.54 Å². The molecule has 7 nitrogen and oxygen atoms in total. The molecule has 1 aliphatic carbocycles. The van der Waals surface area contributed by atoms with E-state index in [0.717, 1.165) is 28.1 Å². The SMILES string of the molecule is O=C(NCCc1nc2ccccc2[nH]1)C1CCc2nc(-c3ccccc3)[nH]c(=O)c2CC1. The van der Waals surface area contributed by atoms with Crippen LogP contribution >= 0.6 is 0 Å². The summed E-state index contributed by atoms with van der Waals surface area (Å²) in [4.78, 5) is 40.9. The molecule has 2 aromatic carbocycles. The number of nitrogens with zero attached hydrogens (tertiary/aromatic N) is 2. The maximum atomic E-state index is 12.8. The maximum Gasteiger partial charge on any atom is 0.254 e. The molecular weight excluding hydrogens is 402 g/mol. The number of nitrogens with one attached hydrogen (secondary N) is 3. The molecule has 0 aliphatic heterocycles. The van der Waals surface area contributed by atoms with Crippen molar-refractivity contribution in [2.45, 2.75) is 32.1 Å². The molecule has 0 radical (unpaired) electrons. The second-order valence-electron chi connectivity index (χ2n) is 8.22. The summed E-state index contributed by atoms with van der Waals surface area (Å²) in [5.41, 5.74) is 4.25. The Morgan fingerprint density at radius 3 is 2.59 bits per heavy atom. The van der Waals surface area contributed by atoms with E-state index in [0.29, 0.717) is 50.0 Å². The van der Waals surface area contributed by atoms with Crippen LogP contribution in [0.4, 0.5) is 0 Å². The van der Waals surface area contributed by atoms with Crippen LogP contribution in [0.15, 0.2) is 59.4 Å². The molecule has 2 heterocycles. The van der Waals surface area contributed by atoms with Gasteiger partial charge in [-0.3, -0.25) is 9.59 Å². The van der Waals surface area contributed by atoms with Gasteiger partial charge in [0.2, 0.25) is 5.91 Å². The Kier molecular flexibility index (Phi) is 5.54. The fourth-order valence-electron chi connectivity index (χ4n) is 4.35. The van der Waals surface area contributed by atoms with Crippen molar-refractivity contribution in [3.05, 3.63) is 82.0 Å². The number of carbonyl (C=O) groups is 1. The quantitative estimate of drug-likeness (QED) is 0.426. The minimum Gasteiger partial charge on any atom is -0.355 e. The smallest absolute Gasteiger partial charge is 0.254 e. The Labute approximate surface area is 185 Å². The minimum atomic E-state index is -0.126. The van der Waals surface area contributed by atoms with Crippen molar-refractivity contribution in [3.8, 4) is 11.4 Å². The van der Waals surface area contributed by atoms with Crippen LogP contribution in [0, 0.1) is 5.92 Å². The highest BCUT2D eigenvalue weighted by Crippen LogP contribution is 2.23. The van der Waals surface area contributed by atoms with E-state index < -0.39 is 0 Å². The average molecular weight is 428 g/mol. The summed E-state index contributed by atoms with van der Waals surface area (Å²) in [6, 6.07) is 17.5. The second-order valence-corrected chi connectivity index (χ2v) is 8.22. The number of benzene rings is 2. The first-order valence-electron chi connectivity index (χ1n) is 11.1. The van der Waals surface area contributed by atoms with Gasteiger partial charge < -0.3 is 15.3 Å². The van der Waals surface area contributed by atoms with Crippen LogP contribution < -0.4 is 10.9 Å². The van der Waals surface area contributed by atoms with E-state index in [1.807, 2.05) is 54.6 Å². The number of hydrogen-bond donors (Lipinski definition) is 3. The normalized spacial score (nSPS) is 15.8. The molecule has 1 aliphatic rings. The third kappa shape index (κ3) is 4.19. The topological polar surface area (TPSA) is 104 Å². The lowest BCUT2D eigenvalue weighted by atomic mass is 9.99. The number of aromatic nitrogens is 4. The molecule has 2 aromatic heterocycles. The summed E-state index contributed by atoms with van der Waals surface area (Å²) in [6.45, 7) is 0.527. The van der Waals surface area contributed by atoms with Gasteiger partial charge in [-0.1, -0.05) is 42.5 Å². The van der Waals surface area contributed by atoms with Gasteiger partial charge in [-0.25, -0.2) is 9.97 Å². The van der Waals surface area contributed by atoms with Gasteiger partial charge in [-0.15, -0.1) is 0 Å². The van der Waals surface area contributed by atoms with E-state index in [1.165, 1.54) is 0 Å². The van der Waals surface area contributed by atoms with Crippen molar-refractivity contribution < 1.29 is 4.79 Å². The van der Waals surface area contributed by atoms with Gasteiger partial charge in [-0.05, 0) is 37.8 Å². The maximum absolute atomic E-state index is 12.8. The fourth-order valence-corrected chi connectivity index (χ4v) is 4.35. The number of amides is 1. The summed E-state index contributed by atoms with van der Waals surface area (Å²) >= 11 is 0. The molecule has 0 bridgehead atoms. The highest BCUT2D eigenvalue weighted by atomic mass is 16.2. The van der Waals surface area contributed by atoms with E-state index in [2.05, 4.69) is 20.3 Å². The number of para-hydroxylation sites is 2. The zero-order valence-electron chi connectivity index (χ0n) is 17.7. The van der Waals surface area contributed by atoms with Gasteiger partial charge in [-0.2, -0.15) is 0 Å². The number of hydrogen-bond acceptors (Lipinski definition) is 4. The van der Waals surface area contributed by atoms with Gasteiger partial charge in [0.25, 0.3) is 5.56 Å². The molecule has 3 N–H and O–H groups in total. The van der Waals surface area contributed by atoms with Crippen molar-refractivity contribution in [2.24, 2.45) is 5.92 Å². The first-order chi connectivity index (χ1) is 15.7. The lowest BCUT2D eigenvalue weighted by Crippen LogP contribution is -2.32. The molecule has 1 amide bonds. The van der Waals surface area contributed by atoms with Crippen molar-refractivity contribution >= 4 is 16.9 Å². The molecule has 0 spiro atoms. The van der Waals surface area contributed by atoms with E-state index in [9.17, 15) is 9.59 Å². The predicted octanol–water partition coefficient (Wildman–Crippen LogP) is 3.17. The summed E-state index contributed by atoms with van der Waals surface area (Å²) < 4.78 is 0. The second kappa shape index (κ2) is 8.78. The molecule has 1 atom stereocenters. The van der Waals surface area contributed by atoms with Crippen molar-refractivity contribution in [1.82, 2.24) is 25.3 Å². The Balaban J connectivity index is 1.21. The monoisotopic (exact) mass is 427 g/mol. The van der Waals surface area contributed by atoms with Gasteiger partial charge in [0.05, 0.1) is 16.7 Å². The standard InChI is InChI=1S/C25H25N5O2/c31-24(26-15-14-22-27-20-8-4-5-9-21(20)28-22)17-10-12-18-19(13-11-17)29-23(30-25(18)32)16-6-2-1-3-7-16/h1-9,17H,10-15H2,(H,26,31)(H,27,28)(H,29,30,32). The molecule has 7 heteroatoms. The fraction of sp³-hybridized carbons (Fsp3) is 0.280. The van der Waals surface area contributed by atoms with Crippen LogP contribution in [-0.2, 0) is 24.1 Å². The van der Waals surface area contributed by atoms with Crippen LogP contribution in [0.5, 0.6) is 0 Å². The third-order valence-corrected chi connectivity index (χ3v) is 6.09. The van der Waals surface area contributed by atoms with Gasteiger partial charge in [0, 0.05) is 30.0 Å². The molecule has 4 aromatic rings. The van der Waals surface area contributed by atoms with E-state index >= 15 is 0 Å². The molecule has 5 rings (SSSR count). The summed E-state index contributed by atoms with van der Waals surface area (Å²) in [6.07, 6.45) is 3.18. The van der Waals surface area contributed by atoms with Gasteiger partial charge in [0.15, 0.2) is 0 Å². The predicted molar refractivity (Wildman–Crippen MR) is 123 cm³/mol. The average Bonchev–Trinajstić information content (AvgIpc) is 3.10. The Morgan fingerprint density at radius 2 is 1.75 bits per heavy atom. The number of aromatic amines is 2. The van der Waals surface area contributed by atoms with Crippen LogP contribution in [-0.4, -0.2) is 32.4 Å². The van der Waals surface area contributed by atoms with Gasteiger partial charge >= 0.3 is 0 Å². The molecule has 0 fully saturated rings. The summed E-state index contributed by atoms with van der Waals surface area (Å²) in [7, 11) is 0. The Bertz CT molecular complexity index is 1280. The number of aryl methyl sites for hydroxylation is 1. The van der Waals surface area contributed by atoms with Crippen LogP contribution in [0.2, 0.25) is 0 Å². The zero-order chi connectivity index (χ0) is 21.9. The third-order valence-electron chi connectivity index (χ3n) is 6.09. The van der Waals surface area contributed by atoms with Crippen LogP contribution in [0.25, 0.3) is 22.4 Å². The molecular formula is C25H25N5O2. The largest absolute Gasteiger partial charge is 0.355 e. The first-order valence-corrected chi connectivity index (χ1v) is 11.1. The molecule has 0 saturated heterocycles. The number of imidazole rings is 1. The first kappa shape index (κ1) is 20.2. The Morgan fingerprint density at radius 1 is 0.969 bits per heavy atom. The number of carbonyl (C=O) groups excluding carboxylic acids is 1. The van der Waals surface area contributed by atoms with Crippen molar-refractivity contribution in [1.29, 1.82) is 0 Å². The number of fused-ring (bicyclic) bond motifs is 2. The molecule has 162 valence electrons. The summed E-state index contributed by atoms with van der Waals surface area (Å²) in [5.74, 6) is 1.36. The zero-order valence-corrected chi connectivity index (χ0v) is 17.7. The van der Waals surface area contributed by atoms with E-state index in [-0.39, 0.29) is 17.4 Å². The molecule has 0 saturated carbocycles. The minimum absolute atomic E-state index is 0.0358. The van der Waals surface area contributed by atoms with E-state index in [1.54, 1.807) is 0 Å². The van der Waals surface area contributed by atoms with E-state index in [4.69, 9.17) is 4.98 Å². The van der Waals surface area contributed by atoms with Crippen LogP contribution in [0.3, 0.4) is 0 Å².